The average Bonchev–Trinajstić information content (AvgIpc) is 3.00. The van der Waals surface area contributed by atoms with Crippen LogP contribution in [0.4, 0.5) is 0 Å². The largest absolute Gasteiger partial charge is 0.336 e. The average molecular weight is 265 g/mol. The number of hydrogen-bond donors (Lipinski definition) is 1. The van der Waals surface area contributed by atoms with E-state index in [-0.39, 0.29) is 5.91 Å². The van der Waals surface area contributed by atoms with Crippen molar-refractivity contribution in [1.29, 1.82) is 0 Å². The number of nitrogens with zero attached hydrogens (tertiary/aromatic N) is 4. The van der Waals surface area contributed by atoms with E-state index in [1.54, 1.807) is 34.2 Å². The van der Waals surface area contributed by atoms with Gasteiger partial charge in [0.15, 0.2) is 5.69 Å². The Morgan fingerprint density at radius 3 is 3.11 bits per heavy atom. The molecule has 0 spiro atoms. The lowest BCUT2D eigenvalue weighted by Gasteiger charge is -2.14. The molecule has 2 rings (SSSR count). The molecule has 0 aliphatic rings. The van der Waals surface area contributed by atoms with Gasteiger partial charge in [0.1, 0.15) is 0 Å². The molecule has 0 radical (unpaired) electrons. The van der Waals surface area contributed by atoms with E-state index >= 15 is 0 Å². The maximum atomic E-state index is 12.1. The lowest BCUT2D eigenvalue weighted by Crippen LogP contribution is -2.26. The smallest absolute Gasteiger partial charge is 0.276 e. The van der Waals surface area contributed by atoms with Crippen LogP contribution in [0.5, 0.6) is 0 Å². The fraction of sp³-hybridized carbons (Fsp3) is 0.364. The van der Waals surface area contributed by atoms with E-state index in [0.29, 0.717) is 25.3 Å². The highest BCUT2D eigenvalue weighted by Crippen LogP contribution is 2.10. The standard InChI is InChI=1S/C11H15N5OS/c1-15(6-9-2-5-18-8-9)11(17)10-7-16(4-3-12)14-13-10/h2,5,7-8H,3-4,6,12H2,1H3. The fourth-order valence-corrected chi connectivity index (χ4v) is 2.22. The third kappa shape index (κ3) is 2.93. The van der Waals surface area contributed by atoms with Gasteiger partial charge >= 0.3 is 0 Å². The summed E-state index contributed by atoms with van der Waals surface area (Å²) >= 11 is 1.62. The van der Waals surface area contributed by atoms with Crippen molar-refractivity contribution in [3.63, 3.8) is 0 Å². The predicted octanol–water partition coefficient (Wildman–Crippen LogP) is 0.571. The first kappa shape index (κ1) is 12.7. The first-order chi connectivity index (χ1) is 8.70. The Bertz CT molecular complexity index is 507. The molecule has 0 atom stereocenters. The number of hydrogen-bond acceptors (Lipinski definition) is 5. The Hall–Kier alpha value is -1.73. The lowest BCUT2D eigenvalue weighted by atomic mass is 10.3. The summed E-state index contributed by atoms with van der Waals surface area (Å²) < 4.78 is 1.58. The molecule has 0 aromatic carbocycles. The van der Waals surface area contributed by atoms with Crippen molar-refractivity contribution < 1.29 is 4.79 Å². The van der Waals surface area contributed by atoms with Crippen LogP contribution in [-0.4, -0.2) is 39.4 Å². The summed E-state index contributed by atoms with van der Waals surface area (Å²) in [5.74, 6) is -0.135. The monoisotopic (exact) mass is 265 g/mol. The molecule has 96 valence electrons. The summed E-state index contributed by atoms with van der Waals surface area (Å²) in [6.45, 7) is 1.61. The van der Waals surface area contributed by atoms with Crippen molar-refractivity contribution >= 4 is 17.2 Å². The number of rotatable bonds is 5. The Kier molecular flexibility index (Phi) is 4.06. The van der Waals surface area contributed by atoms with Crippen molar-refractivity contribution in [3.05, 3.63) is 34.3 Å². The Morgan fingerprint density at radius 2 is 2.44 bits per heavy atom. The normalized spacial score (nSPS) is 10.6. The van der Waals surface area contributed by atoms with Crippen LogP contribution in [0.15, 0.2) is 23.0 Å². The van der Waals surface area contributed by atoms with Gasteiger partial charge in [-0.3, -0.25) is 9.48 Å². The fourth-order valence-electron chi connectivity index (χ4n) is 1.56. The van der Waals surface area contributed by atoms with E-state index in [1.807, 2.05) is 16.8 Å². The zero-order chi connectivity index (χ0) is 13.0. The van der Waals surface area contributed by atoms with Crippen molar-refractivity contribution in [3.8, 4) is 0 Å². The van der Waals surface area contributed by atoms with E-state index in [1.165, 1.54) is 0 Å². The highest BCUT2D eigenvalue weighted by Gasteiger charge is 2.15. The maximum Gasteiger partial charge on any atom is 0.276 e. The van der Waals surface area contributed by atoms with Crippen LogP contribution in [0.3, 0.4) is 0 Å². The SMILES string of the molecule is CN(Cc1ccsc1)C(=O)c1cn(CCN)nn1. The van der Waals surface area contributed by atoms with Crippen LogP contribution >= 0.6 is 11.3 Å². The predicted molar refractivity (Wildman–Crippen MR) is 69.2 cm³/mol. The summed E-state index contributed by atoms with van der Waals surface area (Å²) in [6.07, 6.45) is 1.62. The quantitative estimate of drug-likeness (QED) is 0.857. The second-order valence-electron chi connectivity index (χ2n) is 3.95. The molecular weight excluding hydrogens is 250 g/mol. The molecule has 0 aliphatic heterocycles. The second-order valence-corrected chi connectivity index (χ2v) is 4.73. The van der Waals surface area contributed by atoms with Gasteiger partial charge in [-0.2, -0.15) is 11.3 Å². The summed E-state index contributed by atoms with van der Waals surface area (Å²) in [5, 5.41) is 11.7. The van der Waals surface area contributed by atoms with Crippen LogP contribution in [0.25, 0.3) is 0 Å². The molecule has 0 bridgehead atoms. The third-order valence-electron chi connectivity index (χ3n) is 2.46. The summed E-state index contributed by atoms with van der Waals surface area (Å²) in [6, 6.07) is 2.00. The summed E-state index contributed by atoms with van der Waals surface area (Å²) in [7, 11) is 1.75. The van der Waals surface area contributed by atoms with Gasteiger partial charge in [-0.25, -0.2) is 0 Å². The molecule has 6 nitrogen and oxygen atoms in total. The summed E-state index contributed by atoms with van der Waals surface area (Å²) in [4.78, 5) is 13.7. The molecule has 2 aromatic rings. The van der Waals surface area contributed by atoms with E-state index in [4.69, 9.17) is 5.73 Å². The zero-order valence-corrected chi connectivity index (χ0v) is 10.9. The van der Waals surface area contributed by atoms with E-state index in [2.05, 4.69) is 10.3 Å². The number of thiophene rings is 1. The van der Waals surface area contributed by atoms with Gasteiger partial charge in [-0.15, -0.1) is 5.10 Å². The van der Waals surface area contributed by atoms with Crippen LogP contribution in [0.1, 0.15) is 16.1 Å². The minimum absolute atomic E-state index is 0.135. The van der Waals surface area contributed by atoms with E-state index < -0.39 is 0 Å². The molecule has 0 unspecified atom stereocenters. The minimum atomic E-state index is -0.135. The van der Waals surface area contributed by atoms with Crippen LogP contribution in [-0.2, 0) is 13.1 Å². The van der Waals surface area contributed by atoms with E-state index in [0.717, 1.165) is 5.56 Å². The molecule has 7 heteroatoms. The maximum absolute atomic E-state index is 12.1. The van der Waals surface area contributed by atoms with Gasteiger partial charge in [0.25, 0.3) is 5.91 Å². The van der Waals surface area contributed by atoms with Gasteiger partial charge in [-0.05, 0) is 22.4 Å². The number of carbonyl (C=O) groups is 1. The molecular formula is C11H15N5OS. The van der Waals surface area contributed by atoms with Gasteiger partial charge in [0.2, 0.25) is 0 Å². The molecule has 0 saturated heterocycles. The lowest BCUT2D eigenvalue weighted by molar-refractivity contribution is 0.0779. The van der Waals surface area contributed by atoms with Crippen LogP contribution in [0.2, 0.25) is 0 Å². The number of carbonyl (C=O) groups excluding carboxylic acids is 1. The third-order valence-corrected chi connectivity index (χ3v) is 3.19. The Balaban J connectivity index is 2.01. The molecule has 0 aliphatic carbocycles. The topological polar surface area (TPSA) is 77.0 Å². The highest BCUT2D eigenvalue weighted by atomic mass is 32.1. The molecule has 0 saturated carbocycles. The molecule has 2 N–H and O–H groups in total. The van der Waals surface area contributed by atoms with Gasteiger partial charge in [0, 0.05) is 20.1 Å². The number of amides is 1. The first-order valence-electron chi connectivity index (χ1n) is 5.57. The van der Waals surface area contributed by atoms with Gasteiger partial charge in [-0.1, -0.05) is 5.21 Å². The molecule has 0 fully saturated rings. The molecule has 2 aromatic heterocycles. The van der Waals surface area contributed by atoms with Crippen molar-refractivity contribution in [2.75, 3.05) is 13.6 Å². The minimum Gasteiger partial charge on any atom is -0.336 e. The Labute approximate surface area is 109 Å². The van der Waals surface area contributed by atoms with Crippen molar-refractivity contribution in [2.24, 2.45) is 5.73 Å². The van der Waals surface area contributed by atoms with E-state index in [9.17, 15) is 4.79 Å². The number of nitrogens with two attached hydrogens (primary N) is 1. The van der Waals surface area contributed by atoms with Crippen molar-refractivity contribution in [1.82, 2.24) is 19.9 Å². The van der Waals surface area contributed by atoms with Crippen molar-refractivity contribution in [2.45, 2.75) is 13.1 Å². The van der Waals surface area contributed by atoms with Crippen LogP contribution < -0.4 is 5.73 Å². The molecule has 18 heavy (non-hydrogen) atoms. The molecule has 1 amide bonds. The second kappa shape index (κ2) is 5.74. The first-order valence-corrected chi connectivity index (χ1v) is 6.51. The zero-order valence-electron chi connectivity index (χ0n) is 10.1. The summed E-state index contributed by atoms with van der Waals surface area (Å²) in [5.41, 5.74) is 6.88. The number of aromatic nitrogens is 3. The highest BCUT2D eigenvalue weighted by molar-refractivity contribution is 7.07. The van der Waals surface area contributed by atoms with Crippen LogP contribution in [0, 0.1) is 0 Å². The van der Waals surface area contributed by atoms with Gasteiger partial charge < -0.3 is 10.6 Å². The Morgan fingerprint density at radius 1 is 1.61 bits per heavy atom. The van der Waals surface area contributed by atoms with Gasteiger partial charge in [0.05, 0.1) is 12.7 Å². The molecule has 2 heterocycles.